The molecule has 1 N–H and O–H groups in total. The second kappa shape index (κ2) is 9.16. The van der Waals surface area contributed by atoms with Crippen molar-refractivity contribution in [1.82, 2.24) is 10.3 Å². The molecule has 0 bridgehead atoms. The fourth-order valence-electron chi connectivity index (χ4n) is 4.84. The summed E-state index contributed by atoms with van der Waals surface area (Å²) in [5, 5.41) is 7.16. The predicted octanol–water partition coefficient (Wildman–Crippen LogP) is 8.25. The highest BCUT2D eigenvalue weighted by Crippen LogP contribution is 2.37. The lowest BCUT2D eigenvalue weighted by Crippen LogP contribution is -2.24. The number of allylic oxidation sites excluding steroid dienone is 1. The molecule has 2 heterocycles. The van der Waals surface area contributed by atoms with Gasteiger partial charge in [-0.3, -0.25) is 4.99 Å². The summed E-state index contributed by atoms with van der Waals surface area (Å²) in [7, 11) is 0. The Morgan fingerprint density at radius 3 is 2.03 bits per heavy atom. The molecule has 3 nitrogen and oxygen atoms in total. The van der Waals surface area contributed by atoms with Crippen LogP contribution in [0, 0.1) is 0 Å². The van der Waals surface area contributed by atoms with E-state index in [2.05, 4.69) is 115 Å². The van der Waals surface area contributed by atoms with Crippen LogP contribution in [-0.4, -0.2) is 10.7 Å². The molecular weight excluding hydrogens is 470 g/mol. The van der Waals surface area contributed by atoms with Gasteiger partial charge in [0.15, 0.2) is 0 Å². The summed E-state index contributed by atoms with van der Waals surface area (Å²) in [6.45, 7) is 0. The Morgan fingerprint density at radius 2 is 1.30 bits per heavy atom. The van der Waals surface area contributed by atoms with E-state index in [0.29, 0.717) is 0 Å². The smallest absolute Gasteiger partial charge is 0.145 e. The predicted molar refractivity (Wildman–Crippen MR) is 156 cm³/mol. The SMILES string of the molecule is C1=C(c2ccccc2)NC(c2ccc3ccc4nc(-c5ccccc5)sc4c3c2)N=C1c1ccccc1. The number of thiazole rings is 1. The Hall–Kier alpha value is -4.54. The molecule has 176 valence electrons. The van der Waals surface area contributed by atoms with E-state index in [9.17, 15) is 0 Å². The molecule has 0 saturated heterocycles. The van der Waals surface area contributed by atoms with Gasteiger partial charge in [0, 0.05) is 16.6 Å². The van der Waals surface area contributed by atoms with Crippen molar-refractivity contribution >= 4 is 43.7 Å². The quantitative estimate of drug-likeness (QED) is 0.268. The molecule has 0 amide bonds. The second-order valence-electron chi connectivity index (χ2n) is 9.13. The summed E-state index contributed by atoms with van der Waals surface area (Å²) in [6.07, 6.45) is 1.95. The van der Waals surface area contributed by atoms with Crippen LogP contribution in [0.3, 0.4) is 0 Å². The van der Waals surface area contributed by atoms with E-state index in [4.69, 9.17) is 9.98 Å². The fourth-order valence-corrected chi connectivity index (χ4v) is 5.94. The molecule has 4 heteroatoms. The Balaban J connectivity index is 1.35. The first-order chi connectivity index (χ1) is 18.3. The molecule has 0 saturated carbocycles. The maximum absolute atomic E-state index is 5.15. The lowest BCUT2D eigenvalue weighted by molar-refractivity contribution is 0.665. The standard InChI is InChI=1S/C33H23N3S/c1-4-10-23(11-5-1)29-21-30(24-12-6-2-7-13-24)35-32(34-29)26-17-16-22-18-19-28-31(27(22)20-26)37-33(36-28)25-14-8-3-9-15-25/h1-21,32,34H. The van der Waals surface area contributed by atoms with Crippen molar-refractivity contribution in [2.24, 2.45) is 4.99 Å². The van der Waals surface area contributed by atoms with Gasteiger partial charge in [-0.05, 0) is 40.3 Å². The minimum Gasteiger partial charge on any atom is -0.360 e. The monoisotopic (exact) mass is 493 g/mol. The van der Waals surface area contributed by atoms with Gasteiger partial charge >= 0.3 is 0 Å². The maximum Gasteiger partial charge on any atom is 0.145 e. The fraction of sp³-hybridized carbons (Fsp3) is 0.0303. The molecule has 1 unspecified atom stereocenters. The van der Waals surface area contributed by atoms with Gasteiger partial charge in [0.2, 0.25) is 0 Å². The number of aromatic nitrogens is 1. The van der Waals surface area contributed by atoms with Crippen LogP contribution in [0.5, 0.6) is 0 Å². The van der Waals surface area contributed by atoms with Gasteiger partial charge in [-0.15, -0.1) is 11.3 Å². The highest BCUT2D eigenvalue weighted by molar-refractivity contribution is 7.22. The number of hydrogen-bond donors (Lipinski definition) is 1. The normalized spacial score (nSPS) is 15.3. The van der Waals surface area contributed by atoms with E-state index in [1.165, 1.54) is 15.5 Å². The Morgan fingerprint density at radius 1 is 0.649 bits per heavy atom. The van der Waals surface area contributed by atoms with Crippen LogP contribution in [0.1, 0.15) is 22.9 Å². The third-order valence-corrected chi connectivity index (χ3v) is 7.88. The summed E-state index contributed by atoms with van der Waals surface area (Å²) in [5.74, 6) is 0. The van der Waals surface area contributed by atoms with Crippen molar-refractivity contribution in [2.75, 3.05) is 0 Å². The maximum atomic E-state index is 5.15. The molecular formula is C33H23N3S. The van der Waals surface area contributed by atoms with Gasteiger partial charge in [0.05, 0.1) is 15.9 Å². The zero-order valence-corrected chi connectivity index (χ0v) is 20.8. The van der Waals surface area contributed by atoms with Crippen LogP contribution in [0.2, 0.25) is 0 Å². The Labute approximate surface area is 219 Å². The van der Waals surface area contributed by atoms with Gasteiger partial charge < -0.3 is 5.32 Å². The highest BCUT2D eigenvalue weighted by atomic mass is 32.1. The van der Waals surface area contributed by atoms with Crippen LogP contribution in [0.4, 0.5) is 0 Å². The van der Waals surface area contributed by atoms with Crippen molar-refractivity contribution < 1.29 is 0 Å². The van der Waals surface area contributed by atoms with Gasteiger partial charge in [0.1, 0.15) is 11.2 Å². The van der Waals surface area contributed by atoms with Crippen molar-refractivity contribution in [3.05, 3.63) is 144 Å². The molecule has 7 rings (SSSR count). The highest BCUT2D eigenvalue weighted by Gasteiger charge is 2.20. The number of rotatable bonds is 4. The van der Waals surface area contributed by atoms with Gasteiger partial charge in [-0.25, -0.2) is 4.98 Å². The molecule has 0 spiro atoms. The summed E-state index contributed by atoms with van der Waals surface area (Å²) in [5.41, 5.74) is 7.62. The molecule has 0 fully saturated rings. The van der Waals surface area contributed by atoms with E-state index in [0.717, 1.165) is 44.2 Å². The van der Waals surface area contributed by atoms with E-state index < -0.39 is 0 Å². The number of nitrogens with one attached hydrogen (secondary N) is 1. The molecule has 1 aliphatic rings. The average Bonchev–Trinajstić information content (AvgIpc) is 3.43. The van der Waals surface area contributed by atoms with E-state index >= 15 is 0 Å². The summed E-state index contributed by atoms with van der Waals surface area (Å²) >= 11 is 1.75. The van der Waals surface area contributed by atoms with Crippen LogP contribution in [0.25, 0.3) is 37.3 Å². The van der Waals surface area contributed by atoms with Crippen molar-refractivity contribution in [3.63, 3.8) is 0 Å². The zero-order valence-electron chi connectivity index (χ0n) is 20.0. The van der Waals surface area contributed by atoms with Crippen molar-refractivity contribution in [1.29, 1.82) is 0 Å². The molecule has 5 aromatic carbocycles. The van der Waals surface area contributed by atoms with E-state index in [1.54, 1.807) is 11.3 Å². The van der Waals surface area contributed by atoms with Crippen LogP contribution in [0.15, 0.2) is 132 Å². The first-order valence-corrected chi connectivity index (χ1v) is 13.2. The lowest BCUT2D eigenvalue weighted by Gasteiger charge is -2.25. The first kappa shape index (κ1) is 21.7. The van der Waals surface area contributed by atoms with Gasteiger partial charge in [-0.1, -0.05) is 109 Å². The van der Waals surface area contributed by atoms with Crippen molar-refractivity contribution in [3.8, 4) is 10.6 Å². The van der Waals surface area contributed by atoms with Gasteiger partial charge in [0.25, 0.3) is 0 Å². The molecule has 1 atom stereocenters. The van der Waals surface area contributed by atoms with Crippen molar-refractivity contribution in [2.45, 2.75) is 6.17 Å². The number of nitrogens with zero attached hydrogens (tertiary/aromatic N) is 2. The summed E-state index contributed by atoms with van der Waals surface area (Å²) in [6, 6.07) is 42.2. The van der Waals surface area contributed by atoms with Crippen LogP contribution in [-0.2, 0) is 0 Å². The lowest BCUT2D eigenvalue weighted by atomic mass is 10.0. The minimum atomic E-state index is -0.198. The second-order valence-corrected chi connectivity index (χ2v) is 10.1. The first-order valence-electron chi connectivity index (χ1n) is 12.4. The average molecular weight is 494 g/mol. The van der Waals surface area contributed by atoms with E-state index in [1.807, 2.05) is 18.2 Å². The number of hydrogen-bond acceptors (Lipinski definition) is 4. The minimum absolute atomic E-state index is 0.198. The third-order valence-electron chi connectivity index (χ3n) is 6.73. The molecule has 6 aromatic rings. The van der Waals surface area contributed by atoms with E-state index in [-0.39, 0.29) is 6.17 Å². The summed E-state index contributed by atoms with van der Waals surface area (Å²) in [4.78, 5) is 10.1. The molecule has 37 heavy (non-hydrogen) atoms. The Bertz CT molecular complexity index is 1790. The number of aliphatic imine (C=N–C) groups is 1. The molecule has 0 radical (unpaired) electrons. The Kier molecular flexibility index (Phi) is 5.38. The zero-order chi connectivity index (χ0) is 24.6. The molecule has 1 aliphatic heterocycles. The molecule has 0 aliphatic carbocycles. The topological polar surface area (TPSA) is 37.3 Å². The van der Waals surface area contributed by atoms with Crippen LogP contribution >= 0.6 is 11.3 Å². The summed E-state index contributed by atoms with van der Waals surface area (Å²) < 4.78 is 1.21. The number of benzene rings is 5. The third kappa shape index (κ3) is 4.11. The van der Waals surface area contributed by atoms with Gasteiger partial charge in [-0.2, -0.15) is 0 Å². The molecule has 1 aromatic heterocycles. The largest absolute Gasteiger partial charge is 0.360 e. The number of fused-ring (bicyclic) bond motifs is 3. The van der Waals surface area contributed by atoms with Crippen LogP contribution < -0.4 is 5.32 Å².